The van der Waals surface area contributed by atoms with Crippen LogP contribution in [0.5, 0.6) is 5.75 Å². The molecule has 2 heterocycles. The number of aromatic nitrogens is 1. The Morgan fingerprint density at radius 1 is 0.967 bits per heavy atom. The molecule has 1 aromatic heterocycles. The first kappa shape index (κ1) is 18.8. The molecule has 0 amide bonds. The maximum absolute atomic E-state index is 6.21. The molecule has 5 rings (SSSR count). The fourth-order valence-electron chi connectivity index (χ4n) is 3.96. The summed E-state index contributed by atoms with van der Waals surface area (Å²) >= 11 is 6.20. The fourth-order valence-corrected chi connectivity index (χ4v) is 4.12. The summed E-state index contributed by atoms with van der Waals surface area (Å²) in [6.45, 7) is 5.76. The molecule has 3 aromatic carbocycles. The van der Waals surface area contributed by atoms with Crippen molar-refractivity contribution < 1.29 is 13.7 Å². The SMILES string of the molecule is CCN1C(=Cc2oc3ccc(-c4ccccc4)cc3[n+]2CC)Oc2ccc(Cl)cc21. The maximum atomic E-state index is 6.21. The smallest absolute Gasteiger partial charge is 0.379 e. The highest BCUT2D eigenvalue weighted by Crippen LogP contribution is 2.41. The minimum Gasteiger partial charge on any atom is -0.438 e. The summed E-state index contributed by atoms with van der Waals surface area (Å²) < 4.78 is 14.5. The van der Waals surface area contributed by atoms with Crippen molar-refractivity contribution in [3.63, 3.8) is 0 Å². The summed E-state index contributed by atoms with van der Waals surface area (Å²) in [7, 11) is 0. The third-order valence-electron chi connectivity index (χ3n) is 5.41. The number of fused-ring (bicyclic) bond motifs is 2. The second kappa shape index (κ2) is 7.54. The van der Waals surface area contributed by atoms with Gasteiger partial charge >= 0.3 is 5.89 Å². The summed E-state index contributed by atoms with van der Waals surface area (Å²) in [5.41, 5.74) is 5.24. The number of halogens is 1. The Kier molecular flexibility index (Phi) is 4.72. The van der Waals surface area contributed by atoms with Gasteiger partial charge in [0.25, 0.3) is 5.52 Å². The number of hydrogen-bond donors (Lipinski definition) is 0. The number of aryl methyl sites for hydroxylation is 1. The zero-order valence-corrected chi connectivity index (χ0v) is 17.7. The van der Waals surface area contributed by atoms with Gasteiger partial charge < -0.3 is 14.1 Å². The predicted molar refractivity (Wildman–Crippen MR) is 121 cm³/mol. The van der Waals surface area contributed by atoms with Crippen LogP contribution in [0.25, 0.3) is 28.3 Å². The zero-order valence-electron chi connectivity index (χ0n) is 16.9. The highest BCUT2D eigenvalue weighted by molar-refractivity contribution is 6.31. The van der Waals surface area contributed by atoms with Crippen LogP contribution in [0.3, 0.4) is 0 Å². The van der Waals surface area contributed by atoms with Crippen molar-refractivity contribution in [2.75, 3.05) is 11.4 Å². The van der Waals surface area contributed by atoms with Gasteiger partial charge in [-0.25, -0.2) is 0 Å². The molecule has 4 nitrogen and oxygen atoms in total. The van der Waals surface area contributed by atoms with Gasteiger partial charge in [0.15, 0.2) is 5.75 Å². The number of nitrogens with zero attached hydrogens (tertiary/aromatic N) is 2. The first-order valence-corrected chi connectivity index (χ1v) is 10.5. The Morgan fingerprint density at radius 3 is 2.57 bits per heavy atom. The quantitative estimate of drug-likeness (QED) is 0.366. The Balaban J connectivity index is 1.59. The lowest BCUT2D eigenvalue weighted by Crippen LogP contribution is -2.34. The number of anilines is 1. The summed E-state index contributed by atoms with van der Waals surface area (Å²) in [6.07, 6.45) is 1.96. The van der Waals surface area contributed by atoms with Crippen molar-refractivity contribution >= 4 is 34.5 Å². The normalized spacial score (nSPS) is 14.4. The third kappa shape index (κ3) is 3.14. The second-order valence-corrected chi connectivity index (χ2v) is 7.61. The van der Waals surface area contributed by atoms with Crippen molar-refractivity contribution in [1.29, 1.82) is 0 Å². The van der Waals surface area contributed by atoms with Crippen LogP contribution in [0.2, 0.25) is 5.02 Å². The lowest BCUT2D eigenvalue weighted by molar-refractivity contribution is -0.674. The van der Waals surface area contributed by atoms with E-state index in [2.05, 4.69) is 59.7 Å². The first-order valence-electron chi connectivity index (χ1n) is 10.2. The molecule has 5 heteroatoms. The van der Waals surface area contributed by atoms with Gasteiger partial charge in [-0.1, -0.05) is 48.0 Å². The molecule has 0 saturated heterocycles. The van der Waals surface area contributed by atoms with E-state index in [1.165, 1.54) is 11.1 Å². The standard InChI is InChI=1S/C25H22ClN2O2/c1-3-27-20-14-18(17-8-6-5-7-9-17)10-12-22(20)29-24(27)16-25-28(4-2)21-15-19(26)11-13-23(21)30-25/h5-16H,3-4H2,1-2H3/q+1. The van der Waals surface area contributed by atoms with Crippen LogP contribution in [0.1, 0.15) is 19.7 Å². The summed E-state index contributed by atoms with van der Waals surface area (Å²) in [4.78, 5) is 2.10. The van der Waals surface area contributed by atoms with Gasteiger partial charge in [-0.15, -0.1) is 0 Å². The summed E-state index contributed by atoms with van der Waals surface area (Å²) in [6, 6.07) is 22.4. The molecule has 0 fully saturated rings. The molecular formula is C25H22ClN2O2+. The van der Waals surface area contributed by atoms with Gasteiger partial charge in [-0.05, 0) is 49.2 Å². The molecule has 0 saturated carbocycles. The van der Waals surface area contributed by atoms with Gasteiger partial charge in [-0.3, -0.25) is 0 Å². The lowest BCUT2D eigenvalue weighted by Gasteiger charge is -2.14. The largest absolute Gasteiger partial charge is 0.438 e. The summed E-state index contributed by atoms with van der Waals surface area (Å²) in [5, 5.41) is 0.692. The van der Waals surface area contributed by atoms with Crippen LogP contribution >= 0.6 is 11.6 Å². The fraction of sp³-hybridized carbons (Fsp3) is 0.160. The molecule has 150 valence electrons. The van der Waals surface area contributed by atoms with Crippen molar-refractivity contribution in [2.45, 2.75) is 20.4 Å². The van der Waals surface area contributed by atoms with E-state index in [1.54, 1.807) is 0 Å². The average molecular weight is 418 g/mol. The number of rotatable bonds is 4. The molecule has 1 aliphatic rings. The van der Waals surface area contributed by atoms with E-state index in [4.69, 9.17) is 20.8 Å². The minimum atomic E-state index is 0.692. The van der Waals surface area contributed by atoms with E-state index in [9.17, 15) is 0 Å². The number of ether oxygens (including phenoxy) is 1. The first-order chi connectivity index (χ1) is 14.7. The highest BCUT2D eigenvalue weighted by atomic mass is 35.5. The van der Waals surface area contributed by atoms with E-state index in [1.807, 2.05) is 36.4 Å². The van der Waals surface area contributed by atoms with Crippen LogP contribution in [-0.2, 0) is 6.54 Å². The number of hydrogen-bond acceptors (Lipinski definition) is 3. The van der Waals surface area contributed by atoms with Gasteiger partial charge in [0.05, 0.1) is 5.69 Å². The maximum Gasteiger partial charge on any atom is 0.379 e. The molecule has 30 heavy (non-hydrogen) atoms. The van der Waals surface area contributed by atoms with Gasteiger partial charge in [0.2, 0.25) is 11.5 Å². The van der Waals surface area contributed by atoms with Crippen molar-refractivity contribution in [1.82, 2.24) is 0 Å². The molecule has 0 N–H and O–H groups in total. The highest BCUT2D eigenvalue weighted by Gasteiger charge is 2.29. The van der Waals surface area contributed by atoms with Crippen LogP contribution < -0.4 is 14.2 Å². The molecule has 1 aliphatic heterocycles. The topological polar surface area (TPSA) is 29.5 Å². The average Bonchev–Trinajstić information content (AvgIpc) is 3.30. The number of oxazole rings is 1. The van der Waals surface area contributed by atoms with Crippen molar-refractivity contribution in [3.05, 3.63) is 83.5 Å². The van der Waals surface area contributed by atoms with Gasteiger partial charge in [0.1, 0.15) is 12.6 Å². The predicted octanol–water partition coefficient (Wildman–Crippen LogP) is 6.28. The molecule has 0 bridgehead atoms. The minimum absolute atomic E-state index is 0.692. The Morgan fingerprint density at radius 2 is 1.80 bits per heavy atom. The molecular weight excluding hydrogens is 396 g/mol. The van der Waals surface area contributed by atoms with E-state index in [0.29, 0.717) is 5.02 Å². The van der Waals surface area contributed by atoms with Gasteiger partial charge in [-0.2, -0.15) is 4.57 Å². The summed E-state index contributed by atoms with van der Waals surface area (Å²) in [5.74, 6) is 2.29. The van der Waals surface area contributed by atoms with Crippen LogP contribution in [0.4, 0.5) is 5.69 Å². The van der Waals surface area contributed by atoms with E-state index >= 15 is 0 Å². The Bertz CT molecular complexity index is 1260. The van der Waals surface area contributed by atoms with Crippen LogP contribution in [-0.4, -0.2) is 6.54 Å². The van der Waals surface area contributed by atoms with E-state index in [0.717, 1.165) is 47.4 Å². The molecule has 0 unspecified atom stereocenters. The monoisotopic (exact) mass is 417 g/mol. The third-order valence-corrected chi connectivity index (χ3v) is 5.64. The van der Waals surface area contributed by atoms with Crippen LogP contribution in [0, 0.1) is 0 Å². The molecule has 0 atom stereocenters. The van der Waals surface area contributed by atoms with Crippen molar-refractivity contribution in [3.8, 4) is 16.9 Å². The molecule has 0 aliphatic carbocycles. The van der Waals surface area contributed by atoms with E-state index < -0.39 is 0 Å². The molecule has 4 aromatic rings. The molecule has 0 spiro atoms. The zero-order chi connectivity index (χ0) is 20.7. The lowest BCUT2D eigenvalue weighted by atomic mass is 10.1. The second-order valence-electron chi connectivity index (χ2n) is 7.17. The van der Waals surface area contributed by atoms with E-state index in [-0.39, 0.29) is 0 Å². The molecule has 0 radical (unpaired) electrons. The Labute approximate surface area is 180 Å². The Hall–Kier alpha value is -3.24. The van der Waals surface area contributed by atoms with Gasteiger partial charge in [0, 0.05) is 17.6 Å². The van der Waals surface area contributed by atoms with Crippen LogP contribution in [0.15, 0.2) is 77.0 Å². The number of benzene rings is 3. The van der Waals surface area contributed by atoms with Crippen molar-refractivity contribution in [2.24, 2.45) is 0 Å².